The van der Waals surface area contributed by atoms with Crippen LogP contribution in [0.4, 0.5) is 10.1 Å². The number of ether oxygens (including phenoxy) is 1. The number of amidine groups is 1. The molecule has 1 aromatic carbocycles. The third-order valence-electron chi connectivity index (χ3n) is 4.32. The van der Waals surface area contributed by atoms with Crippen LogP contribution in [0.2, 0.25) is 5.02 Å². The zero-order chi connectivity index (χ0) is 21.0. The smallest absolute Gasteiger partial charge is 0.274 e. The Morgan fingerprint density at radius 1 is 1.41 bits per heavy atom. The topological polar surface area (TPSA) is 107 Å². The molecule has 0 saturated carbocycles. The summed E-state index contributed by atoms with van der Waals surface area (Å²) >= 11 is 5.77. The van der Waals surface area contributed by atoms with Crippen LogP contribution >= 0.6 is 11.6 Å². The lowest BCUT2D eigenvalue weighted by molar-refractivity contribution is 0.102. The van der Waals surface area contributed by atoms with Crippen molar-refractivity contribution in [3.63, 3.8) is 0 Å². The van der Waals surface area contributed by atoms with Crippen molar-refractivity contribution < 1.29 is 18.1 Å². The summed E-state index contributed by atoms with van der Waals surface area (Å²) in [6.07, 6.45) is 1.36. The van der Waals surface area contributed by atoms with E-state index in [-0.39, 0.29) is 29.5 Å². The molecule has 0 saturated heterocycles. The minimum absolute atomic E-state index is 0.117. The number of nitrogens with zero attached hydrogens (tertiary/aromatic N) is 2. The van der Waals surface area contributed by atoms with E-state index in [1.807, 2.05) is 6.92 Å². The van der Waals surface area contributed by atoms with Gasteiger partial charge in [-0.25, -0.2) is 9.37 Å². The first kappa shape index (κ1) is 21.4. The molecule has 1 amide bonds. The second-order valence-corrected chi connectivity index (χ2v) is 8.42. The highest BCUT2D eigenvalue weighted by molar-refractivity contribution is 7.86. The van der Waals surface area contributed by atoms with Crippen molar-refractivity contribution in [3.05, 3.63) is 58.6 Å². The largest absolute Gasteiger partial charge is 0.386 e. The van der Waals surface area contributed by atoms with Crippen molar-refractivity contribution in [2.75, 3.05) is 24.3 Å². The Kier molecular flexibility index (Phi) is 6.94. The number of nitrogens with one attached hydrogen (secondary N) is 1. The summed E-state index contributed by atoms with van der Waals surface area (Å²) in [6.45, 7) is 2.51. The van der Waals surface area contributed by atoms with Gasteiger partial charge in [0, 0.05) is 34.9 Å². The molecule has 0 aliphatic carbocycles. The van der Waals surface area contributed by atoms with E-state index in [1.54, 1.807) is 6.07 Å². The number of hydrogen-bond acceptors (Lipinski definition) is 6. The highest BCUT2D eigenvalue weighted by Gasteiger charge is 2.31. The lowest BCUT2D eigenvalue weighted by Crippen LogP contribution is -2.42. The molecule has 2 aromatic rings. The number of pyridine rings is 1. The molecule has 3 atom stereocenters. The predicted octanol–water partition coefficient (Wildman–Crippen LogP) is 2.69. The number of anilines is 1. The molecular formula is C19H20ClFN4O3S. The number of amides is 1. The number of carbonyl (C=O) groups is 1. The van der Waals surface area contributed by atoms with Crippen LogP contribution in [0.1, 0.15) is 29.0 Å². The van der Waals surface area contributed by atoms with Crippen LogP contribution in [0.25, 0.3) is 0 Å². The van der Waals surface area contributed by atoms with E-state index in [4.69, 9.17) is 22.1 Å². The van der Waals surface area contributed by atoms with Gasteiger partial charge >= 0.3 is 0 Å². The molecule has 10 heteroatoms. The van der Waals surface area contributed by atoms with Gasteiger partial charge in [-0.3, -0.25) is 14.0 Å². The molecule has 0 bridgehead atoms. The molecule has 7 nitrogen and oxygen atoms in total. The first-order valence-electron chi connectivity index (χ1n) is 8.89. The molecule has 0 fully saturated rings. The van der Waals surface area contributed by atoms with Crippen molar-refractivity contribution in [1.82, 2.24) is 4.98 Å². The minimum atomic E-state index is -1.36. The lowest BCUT2D eigenvalue weighted by atomic mass is 10.1. The zero-order valence-electron chi connectivity index (χ0n) is 15.6. The molecule has 2 heterocycles. The van der Waals surface area contributed by atoms with E-state index >= 15 is 0 Å². The molecule has 154 valence electrons. The Morgan fingerprint density at radius 2 is 2.21 bits per heavy atom. The fourth-order valence-corrected chi connectivity index (χ4v) is 4.32. The Balaban J connectivity index is 1.80. The number of benzene rings is 1. The number of rotatable bonds is 6. The summed E-state index contributed by atoms with van der Waals surface area (Å²) in [5.41, 5.74) is 6.69. The van der Waals surface area contributed by atoms with Crippen LogP contribution in [-0.2, 0) is 15.5 Å². The summed E-state index contributed by atoms with van der Waals surface area (Å²) in [4.78, 5) is 20.6. The van der Waals surface area contributed by atoms with Crippen molar-refractivity contribution in [2.45, 2.75) is 18.2 Å². The molecule has 0 radical (unpaired) electrons. The molecule has 1 aromatic heterocycles. The maximum Gasteiger partial charge on any atom is 0.274 e. The van der Waals surface area contributed by atoms with Crippen molar-refractivity contribution in [1.29, 1.82) is 0 Å². The summed E-state index contributed by atoms with van der Waals surface area (Å²) < 4.78 is 32.3. The Labute approximate surface area is 175 Å². The average molecular weight is 439 g/mol. The molecule has 3 rings (SSSR count). The fraction of sp³-hybridized carbons (Fsp3) is 0.316. The van der Waals surface area contributed by atoms with E-state index < -0.39 is 33.8 Å². The van der Waals surface area contributed by atoms with Gasteiger partial charge in [0.05, 0.1) is 23.4 Å². The zero-order valence-corrected chi connectivity index (χ0v) is 17.2. The monoisotopic (exact) mass is 438 g/mol. The van der Waals surface area contributed by atoms with E-state index in [9.17, 15) is 13.4 Å². The lowest BCUT2D eigenvalue weighted by Gasteiger charge is -2.26. The summed E-state index contributed by atoms with van der Waals surface area (Å²) in [5, 5.41) is 2.56. The molecule has 1 aliphatic rings. The quantitative estimate of drug-likeness (QED) is 0.721. The van der Waals surface area contributed by atoms with Crippen molar-refractivity contribution >= 4 is 39.8 Å². The summed E-state index contributed by atoms with van der Waals surface area (Å²) in [7, 11) is -1.36. The first-order valence-corrected chi connectivity index (χ1v) is 10.7. The van der Waals surface area contributed by atoms with Crippen molar-refractivity contribution in [2.24, 2.45) is 10.7 Å². The van der Waals surface area contributed by atoms with Gasteiger partial charge in [-0.15, -0.1) is 0 Å². The third kappa shape index (κ3) is 5.17. The first-order chi connectivity index (χ1) is 13.9. The van der Waals surface area contributed by atoms with Crippen LogP contribution in [0, 0.1) is 5.82 Å². The Hall–Kier alpha value is -2.36. The molecule has 1 aliphatic heterocycles. The van der Waals surface area contributed by atoms with Gasteiger partial charge in [-0.05, 0) is 37.3 Å². The maximum absolute atomic E-state index is 14.4. The van der Waals surface area contributed by atoms with E-state index in [0.29, 0.717) is 17.3 Å². The van der Waals surface area contributed by atoms with Crippen LogP contribution in [0.15, 0.2) is 41.5 Å². The molecule has 0 spiro atoms. The fourth-order valence-electron chi connectivity index (χ4n) is 2.83. The maximum atomic E-state index is 14.4. The van der Waals surface area contributed by atoms with Gasteiger partial charge in [-0.2, -0.15) is 0 Å². The molecule has 3 unspecified atom stereocenters. The minimum Gasteiger partial charge on any atom is -0.386 e. The molecule has 3 N–H and O–H groups in total. The number of halogens is 2. The number of aliphatic imine (C=N–C) groups is 1. The predicted molar refractivity (Wildman–Crippen MR) is 111 cm³/mol. The highest BCUT2D eigenvalue weighted by Crippen LogP contribution is 2.29. The van der Waals surface area contributed by atoms with Gasteiger partial charge in [0.25, 0.3) is 5.91 Å². The van der Waals surface area contributed by atoms with Gasteiger partial charge in [0.2, 0.25) is 0 Å². The van der Waals surface area contributed by atoms with Gasteiger partial charge < -0.3 is 15.8 Å². The Morgan fingerprint density at radius 3 is 2.86 bits per heavy atom. The molecule has 29 heavy (non-hydrogen) atoms. The van der Waals surface area contributed by atoms with Crippen LogP contribution in [0.3, 0.4) is 0 Å². The standard InChI is InChI=1S/C19H20ClFN4O3S/c1-2-28-9-17-18(22)25-16(10-29(17)27)13-7-12(4-5-14(13)21)24-19(26)15-6-3-11(20)8-23-15/h3-8,16-17H,2,9-10H2,1H3,(H2,22,25)(H,24,26). The summed E-state index contributed by atoms with van der Waals surface area (Å²) in [6, 6.07) is 6.44. The van der Waals surface area contributed by atoms with Crippen LogP contribution < -0.4 is 11.1 Å². The second-order valence-electron chi connectivity index (χ2n) is 6.32. The highest BCUT2D eigenvalue weighted by atomic mass is 35.5. The number of hydrogen-bond donors (Lipinski definition) is 2. The third-order valence-corrected chi connectivity index (χ3v) is 6.20. The normalized spacial score (nSPS) is 21.5. The van der Waals surface area contributed by atoms with Crippen molar-refractivity contribution in [3.8, 4) is 0 Å². The SMILES string of the molecule is CCOCC1C(N)=NC(c2cc(NC(=O)c3ccc(Cl)cn3)ccc2F)CS1=O. The van der Waals surface area contributed by atoms with Crippen LogP contribution in [-0.4, -0.2) is 45.2 Å². The van der Waals surface area contributed by atoms with E-state index in [1.165, 1.54) is 30.5 Å². The second kappa shape index (κ2) is 9.43. The number of aromatic nitrogens is 1. The molecular weight excluding hydrogens is 419 g/mol. The van der Waals surface area contributed by atoms with Gasteiger partial charge in [0.1, 0.15) is 22.6 Å². The van der Waals surface area contributed by atoms with E-state index in [0.717, 1.165) is 0 Å². The van der Waals surface area contributed by atoms with Crippen LogP contribution in [0.5, 0.6) is 0 Å². The Bertz CT molecular complexity index is 955. The van der Waals surface area contributed by atoms with Gasteiger partial charge in [0.15, 0.2) is 0 Å². The van der Waals surface area contributed by atoms with E-state index in [2.05, 4.69) is 15.3 Å². The summed E-state index contributed by atoms with van der Waals surface area (Å²) in [5.74, 6) is -0.696. The average Bonchev–Trinajstić information content (AvgIpc) is 2.69. The number of nitrogens with two attached hydrogens (primary N) is 1. The van der Waals surface area contributed by atoms with Gasteiger partial charge in [-0.1, -0.05) is 11.6 Å². The number of carbonyl (C=O) groups excluding carboxylic acids is 1.